The van der Waals surface area contributed by atoms with Crippen LogP contribution in [0.25, 0.3) is 0 Å². The van der Waals surface area contributed by atoms with Gasteiger partial charge in [0.15, 0.2) is 6.73 Å². The predicted octanol–water partition coefficient (Wildman–Crippen LogP) is 1.08. The minimum Gasteiger partial charge on any atom is -0.473 e. The lowest BCUT2D eigenvalue weighted by Gasteiger charge is -2.12. The van der Waals surface area contributed by atoms with Gasteiger partial charge in [0.2, 0.25) is 5.91 Å². The van der Waals surface area contributed by atoms with Crippen LogP contribution < -0.4 is 20.7 Å². The van der Waals surface area contributed by atoms with Crippen molar-refractivity contribution < 1.29 is 14.3 Å². The first-order valence-electron chi connectivity index (χ1n) is 6.46. The molecular weight excluding hydrogens is 258 g/mol. The molecule has 3 amide bonds. The molecule has 1 aromatic carbocycles. The molecule has 0 aliphatic carbocycles. The van der Waals surface area contributed by atoms with Crippen molar-refractivity contribution in [1.82, 2.24) is 16.0 Å². The molecule has 0 heterocycles. The average Bonchev–Trinajstić information content (AvgIpc) is 2.39. The van der Waals surface area contributed by atoms with Crippen molar-refractivity contribution in [2.75, 3.05) is 19.8 Å². The van der Waals surface area contributed by atoms with Gasteiger partial charge in [-0.2, -0.15) is 0 Å². The number of carbonyl (C=O) groups excluding carboxylic acids is 2. The summed E-state index contributed by atoms with van der Waals surface area (Å²) in [6.07, 6.45) is 0. The Hall–Kier alpha value is -2.24. The molecule has 0 spiro atoms. The molecule has 110 valence electrons. The zero-order valence-corrected chi connectivity index (χ0v) is 12.1. The largest absolute Gasteiger partial charge is 0.473 e. The van der Waals surface area contributed by atoms with Crippen LogP contribution in [0.15, 0.2) is 18.2 Å². The van der Waals surface area contributed by atoms with E-state index in [-0.39, 0.29) is 18.7 Å². The molecule has 0 bridgehead atoms. The fourth-order valence-electron chi connectivity index (χ4n) is 1.54. The van der Waals surface area contributed by atoms with Crippen LogP contribution in [-0.4, -0.2) is 31.8 Å². The summed E-state index contributed by atoms with van der Waals surface area (Å²) < 4.78 is 5.49. The van der Waals surface area contributed by atoms with E-state index in [2.05, 4.69) is 16.0 Å². The maximum atomic E-state index is 11.4. The van der Waals surface area contributed by atoms with Gasteiger partial charge in [-0.05, 0) is 31.0 Å². The number of nitrogens with one attached hydrogen (secondary N) is 3. The van der Waals surface area contributed by atoms with Crippen molar-refractivity contribution in [1.29, 1.82) is 0 Å². The molecule has 0 aromatic heterocycles. The summed E-state index contributed by atoms with van der Waals surface area (Å²) in [5.41, 5.74) is 2.20. The van der Waals surface area contributed by atoms with Crippen LogP contribution in [0.3, 0.4) is 0 Å². The number of carbonyl (C=O) groups is 2. The van der Waals surface area contributed by atoms with E-state index in [1.54, 1.807) is 0 Å². The Kier molecular flexibility index (Phi) is 6.36. The van der Waals surface area contributed by atoms with Gasteiger partial charge in [-0.25, -0.2) is 4.79 Å². The topological polar surface area (TPSA) is 79.5 Å². The van der Waals surface area contributed by atoms with E-state index in [1.807, 2.05) is 32.0 Å². The highest BCUT2D eigenvalue weighted by Crippen LogP contribution is 2.19. The smallest absolute Gasteiger partial charge is 0.317 e. The van der Waals surface area contributed by atoms with Gasteiger partial charge in [-0.1, -0.05) is 12.1 Å². The Morgan fingerprint density at radius 3 is 2.50 bits per heavy atom. The minimum absolute atomic E-state index is 0.0935. The molecule has 1 rings (SSSR count). The van der Waals surface area contributed by atoms with Crippen LogP contribution in [0.2, 0.25) is 0 Å². The van der Waals surface area contributed by atoms with Crippen LogP contribution in [0.4, 0.5) is 4.79 Å². The molecule has 1 aromatic rings. The number of aryl methyl sites for hydroxylation is 1. The number of amides is 3. The monoisotopic (exact) mass is 279 g/mol. The fourth-order valence-corrected chi connectivity index (χ4v) is 1.54. The average molecular weight is 279 g/mol. The molecule has 20 heavy (non-hydrogen) atoms. The van der Waals surface area contributed by atoms with Gasteiger partial charge in [0, 0.05) is 20.0 Å². The minimum atomic E-state index is -0.333. The van der Waals surface area contributed by atoms with Crippen LogP contribution >= 0.6 is 0 Å². The number of benzene rings is 1. The summed E-state index contributed by atoms with van der Waals surface area (Å²) in [6, 6.07) is 5.44. The van der Waals surface area contributed by atoms with Gasteiger partial charge in [0.05, 0.1) is 0 Å². The second-order valence-electron chi connectivity index (χ2n) is 4.40. The molecule has 0 unspecified atom stereocenters. The Morgan fingerprint density at radius 1 is 1.10 bits per heavy atom. The highest BCUT2D eigenvalue weighted by molar-refractivity contribution is 5.74. The van der Waals surface area contributed by atoms with Gasteiger partial charge in [0.1, 0.15) is 5.75 Å². The van der Waals surface area contributed by atoms with E-state index < -0.39 is 0 Å². The number of ether oxygens (including phenoxy) is 1. The molecule has 0 aliphatic heterocycles. The lowest BCUT2D eigenvalue weighted by atomic mass is 10.1. The molecule has 0 fully saturated rings. The quantitative estimate of drug-likeness (QED) is 0.538. The zero-order chi connectivity index (χ0) is 15.0. The third kappa shape index (κ3) is 5.60. The van der Waals surface area contributed by atoms with E-state index in [1.165, 1.54) is 6.92 Å². The lowest BCUT2D eigenvalue weighted by molar-refractivity contribution is -0.118. The van der Waals surface area contributed by atoms with Crippen molar-refractivity contribution in [2.24, 2.45) is 0 Å². The van der Waals surface area contributed by atoms with E-state index in [4.69, 9.17) is 4.74 Å². The van der Waals surface area contributed by atoms with Crippen LogP contribution in [-0.2, 0) is 4.79 Å². The predicted molar refractivity (Wildman–Crippen MR) is 76.6 cm³/mol. The molecule has 0 saturated carbocycles. The Balaban J connectivity index is 2.22. The van der Waals surface area contributed by atoms with Gasteiger partial charge >= 0.3 is 6.03 Å². The molecule has 6 nitrogen and oxygen atoms in total. The van der Waals surface area contributed by atoms with E-state index in [0.717, 1.165) is 16.9 Å². The summed E-state index contributed by atoms with van der Waals surface area (Å²) >= 11 is 0. The Labute approximate surface area is 118 Å². The third-order valence-corrected chi connectivity index (χ3v) is 2.80. The zero-order valence-electron chi connectivity index (χ0n) is 12.1. The van der Waals surface area contributed by atoms with Crippen LogP contribution in [0.1, 0.15) is 18.1 Å². The second-order valence-corrected chi connectivity index (χ2v) is 4.40. The SMILES string of the molecule is CC(=O)NCCNC(=O)NCOc1cccc(C)c1C. The first-order chi connectivity index (χ1) is 9.50. The maximum Gasteiger partial charge on any atom is 0.317 e. The van der Waals surface area contributed by atoms with Crippen molar-refractivity contribution >= 4 is 11.9 Å². The normalized spacial score (nSPS) is 9.75. The van der Waals surface area contributed by atoms with Crippen molar-refractivity contribution in [3.8, 4) is 5.75 Å². The Bertz CT molecular complexity index is 475. The van der Waals surface area contributed by atoms with E-state index in [9.17, 15) is 9.59 Å². The van der Waals surface area contributed by atoms with Gasteiger partial charge in [0.25, 0.3) is 0 Å². The summed E-state index contributed by atoms with van der Waals surface area (Å²) in [7, 11) is 0. The lowest BCUT2D eigenvalue weighted by Crippen LogP contribution is -2.41. The second kappa shape index (κ2) is 8.04. The molecule has 0 aliphatic rings. The molecular formula is C14H21N3O3. The van der Waals surface area contributed by atoms with Crippen molar-refractivity contribution in [3.63, 3.8) is 0 Å². The summed E-state index contributed by atoms with van der Waals surface area (Å²) in [5.74, 6) is 0.633. The fraction of sp³-hybridized carbons (Fsp3) is 0.429. The summed E-state index contributed by atoms with van der Waals surface area (Å²) in [6.45, 7) is 6.27. The van der Waals surface area contributed by atoms with E-state index in [0.29, 0.717) is 13.1 Å². The highest BCUT2D eigenvalue weighted by Gasteiger charge is 2.03. The molecule has 6 heteroatoms. The number of hydrogen-bond acceptors (Lipinski definition) is 3. The molecule has 0 atom stereocenters. The number of urea groups is 1. The summed E-state index contributed by atoms with van der Waals surface area (Å²) in [4.78, 5) is 22.0. The first-order valence-corrected chi connectivity index (χ1v) is 6.46. The number of hydrogen-bond donors (Lipinski definition) is 3. The van der Waals surface area contributed by atoms with Crippen molar-refractivity contribution in [2.45, 2.75) is 20.8 Å². The summed E-state index contributed by atoms with van der Waals surface area (Å²) in [5, 5.41) is 7.77. The van der Waals surface area contributed by atoms with Gasteiger partial charge in [-0.15, -0.1) is 0 Å². The van der Waals surface area contributed by atoms with Gasteiger partial charge < -0.3 is 20.7 Å². The van der Waals surface area contributed by atoms with Gasteiger partial charge in [-0.3, -0.25) is 4.79 Å². The van der Waals surface area contributed by atoms with Crippen LogP contribution in [0, 0.1) is 13.8 Å². The Morgan fingerprint density at radius 2 is 1.80 bits per heavy atom. The van der Waals surface area contributed by atoms with Crippen molar-refractivity contribution in [3.05, 3.63) is 29.3 Å². The highest BCUT2D eigenvalue weighted by atomic mass is 16.5. The standard InChI is InChI=1S/C14H21N3O3/c1-10-5-4-6-13(11(10)2)20-9-17-14(19)16-8-7-15-12(3)18/h4-6H,7-9H2,1-3H3,(H,15,18)(H2,16,17,19). The maximum absolute atomic E-state index is 11.4. The third-order valence-electron chi connectivity index (χ3n) is 2.80. The van der Waals surface area contributed by atoms with Crippen LogP contribution in [0.5, 0.6) is 5.75 Å². The first kappa shape index (κ1) is 15.8. The number of rotatable bonds is 6. The molecule has 3 N–H and O–H groups in total. The van der Waals surface area contributed by atoms with E-state index >= 15 is 0 Å². The molecule has 0 saturated heterocycles. The molecule has 0 radical (unpaired) electrons.